The van der Waals surface area contributed by atoms with Crippen molar-refractivity contribution in [2.45, 2.75) is 58.5 Å². The molecule has 40 heavy (non-hydrogen) atoms. The summed E-state index contributed by atoms with van der Waals surface area (Å²) in [5, 5.41) is 21.9. The number of nitrogens with one attached hydrogen (secondary N) is 1. The number of aliphatic hydroxyl groups is 2. The summed E-state index contributed by atoms with van der Waals surface area (Å²) < 4.78 is 37.5. The molecule has 3 N–H and O–H groups in total. The Morgan fingerprint density at radius 3 is 1.77 bits per heavy atom. The Hall–Kier alpha value is -3.60. The molecule has 2 aromatic carbocycles. The molecule has 1 heterocycles. The summed E-state index contributed by atoms with van der Waals surface area (Å²) in [7, 11) is 1.24. The molecule has 0 aliphatic carbocycles. The van der Waals surface area contributed by atoms with Gasteiger partial charge in [-0.15, -0.1) is 0 Å². The zero-order valence-electron chi connectivity index (χ0n) is 23.3. The SMILES string of the molecule is CCc1c(C(=O)OC(C)(C)C)[nH]c(CN(C[C@H](O)c2ccc(F)cc2)C[C@H](O)c2ccc(F)cc2)c1C(=O)OC. The van der Waals surface area contributed by atoms with Crippen LogP contribution < -0.4 is 0 Å². The highest BCUT2D eigenvalue weighted by atomic mass is 19.1. The Bertz CT molecular complexity index is 1250. The summed E-state index contributed by atoms with van der Waals surface area (Å²) in [5.74, 6) is -2.19. The number of halogens is 2. The van der Waals surface area contributed by atoms with Gasteiger partial charge in [-0.25, -0.2) is 18.4 Å². The molecule has 0 amide bonds. The van der Waals surface area contributed by atoms with E-state index in [2.05, 4.69) is 4.98 Å². The van der Waals surface area contributed by atoms with Gasteiger partial charge in [0, 0.05) is 25.3 Å². The third-order valence-electron chi connectivity index (χ3n) is 6.28. The molecule has 0 bridgehead atoms. The van der Waals surface area contributed by atoms with Crippen molar-refractivity contribution in [3.8, 4) is 0 Å². The fourth-order valence-corrected chi connectivity index (χ4v) is 4.42. The third-order valence-corrected chi connectivity index (χ3v) is 6.28. The van der Waals surface area contributed by atoms with Gasteiger partial charge in [0.05, 0.1) is 24.9 Å². The summed E-state index contributed by atoms with van der Waals surface area (Å²) in [6.45, 7) is 6.95. The van der Waals surface area contributed by atoms with Crippen molar-refractivity contribution in [2.24, 2.45) is 0 Å². The Morgan fingerprint density at radius 1 is 0.900 bits per heavy atom. The minimum Gasteiger partial charge on any atom is -0.465 e. The molecule has 0 radical (unpaired) electrons. The van der Waals surface area contributed by atoms with Crippen molar-refractivity contribution in [1.82, 2.24) is 9.88 Å². The Morgan fingerprint density at radius 2 is 1.38 bits per heavy atom. The van der Waals surface area contributed by atoms with Crippen LogP contribution in [-0.4, -0.2) is 57.8 Å². The first kappa shape index (κ1) is 30.9. The maximum absolute atomic E-state index is 13.4. The number of H-pyrrole nitrogens is 1. The smallest absolute Gasteiger partial charge is 0.355 e. The second-order valence-corrected chi connectivity index (χ2v) is 10.5. The topological polar surface area (TPSA) is 112 Å². The first-order valence-corrected chi connectivity index (χ1v) is 13.0. The predicted octanol–water partition coefficient (Wildman–Crippen LogP) is 4.87. The molecule has 0 saturated heterocycles. The van der Waals surface area contributed by atoms with E-state index < -0.39 is 41.4 Å². The monoisotopic (exact) mass is 558 g/mol. The Kier molecular flexibility index (Phi) is 10.2. The van der Waals surface area contributed by atoms with E-state index in [-0.39, 0.29) is 30.9 Å². The minimum atomic E-state index is -1.08. The number of benzene rings is 2. The van der Waals surface area contributed by atoms with E-state index in [9.17, 15) is 28.6 Å². The molecule has 2 atom stereocenters. The lowest BCUT2D eigenvalue weighted by Gasteiger charge is -2.27. The van der Waals surface area contributed by atoms with Gasteiger partial charge < -0.3 is 24.7 Å². The Balaban J connectivity index is 2.00. The third kappa shape index (κ3) is 7.97. The largest absolute Gasteiger partial charge is 0.465 e. The van der Waals surface area contributed by atoms with Gasteiger partial charge in [-0.1, -0.05) is 31.2 Å². The van der Waals surface area contributed by atoms with Crippen LogP contribution >= 0.6 is 0 Å². The van der Waals surface area contributed by atoms with Crippen molar-refractivity contribution in [1.29, 1.82) is 0 Å². The van der Waals surface area contributed by atoms with Gasteiger partial charge in [-0.3, -0.25) is 4.90 Å². The van der Waals surface area contributed by atoms with E-state index >= 15 is 0 Å². The fraction of sp³-hybridized carbons (Fsp3) is 0.400. The van der Waals surface area contributed by atoms with Gasteiger partial charge in [0.15, 0.2) is 0 Å². The van der Waals surface area contributed by atoms with E-state index in [1.54, 1.807) is 32.6 Å². The van der Waals surface area contributed by atoms with Gasteiger partial charge in [-0.05, 0) is 68.1 Å². The van der Waals surface area contributed by atoms with Crippen LogP contribution in [0.5, 0.6) is 0 Å². The molecule has 0 fully saturated rings. The predicted molar refractivity (Wildman–Crippen MR) is 145 cm³/mol. The number of aromatic nitrogens is 1. The molecule has 0 unspecified atom stereocenters. The van der Waals surface area contributed by atoms with Crippen LogP contribution in [0.4, 0.5) is 8.78 Å². The number of esters is 2. The number of aliphatic hydroxyl groups excluding tert-OH is 2. The van der Waals surface area contributed by atoms with E-state index in [1.165, 1.54) is 55.6 Å². The fourth-order valence-electron chi connectivity index (χ4n) is 4.42. The van der Waals surface area contributed by atoms with Crippen LogP contribution in [-0.2, 0) is 22.4 Å². The van der Waals surface area contributed by atoms with E-state index in [4.69, 9.17) is 9.47 Å². The van der Waals surface area contributed by atoms with Crippen LogP contribution in [0.1, 0.15) is 83.1 Å². The molecule has 10 heteroatoms. The molecule has 0 spiro atoms. The lowest BCUT2D eigenvalue weighted by molar-refractivity contribution is 0.00615. The van der Waals surface area contributed by atoms with Gasteiger partial charge in [-0.2, -0.15) is 0 Å². The zero-order valence-corrected chi connectivity index (χ0v) is 23.3. The van der Waals surface area contributed by atoms with Gasteiger partial charge in [0.2, 0.25) is 0 Å². The van der Waals surface area contributed by atoms with Gasteiger partial charge >= 0.3 is 11.9 Å². The molecule has 3 aromatic rings. The first-order valence-electron chi connectivity index (χ1n) is 13.0. The summed E-state index contributed by atoms with van der Waals surface area (Å²) in [6, 6.07) is 10.8. The number of carbonyl (C=O) groups is 2. The highest BCUT2D eigenvalue weighted by Crippen LogP contribution is 2.27. The number of aromatic amines is 1. The van der Waals surface area contributed by atoms with Crippen LogP contribution in [0.25, 0.3) is 0 Å². The number of methoxy groups -OCH3 is 1. The van der Waals surface area contributed by atoms with Crippen molar-refractivity contribution in [2.75, 3.05) is 20.2 Å². The van der Waals surface area contributed by atoms with Crippen molar-refractivity contribution in [3.63, 3.8) is 0 Å². The van der Waals surface area contributed by atoms with E-state index in [0.717, 1.165) is 0 Å². The molecule has 1 aromatic heterocycles. The Labute approximate surface area is 232 Å². The second kappa shape index (κ2) is 13.2. The second-order valence-electron chi connectivity index (χ2n) is 10.5. The molecule has 0 aliphatic rings. The minimum absolute atomic E-state index is 0.00323. The lowest BCUT2D eigenvalue weighted by Crippen LogP contribution is -2.33. The summed E-state index contributed by atoms with van der Waals surface area (Å²) >= 11 is 0. The number of carbonyl (C=O) groups excluding carboxylic acids is 2. The molecular weight excluding hydrogens is 522 g/mol. The molecule has 216 valence electrons. The average molecular weight is 559 g/mol. The normalized spacial score (nSPS) is 13.2. The summed E-state index contributed by atoms with van der Waals surface area (Å²) in [5.41, 5.74) is 1.17. The molecule has 0 saturated carbocycles. The van der Waals surface area contributed by atoms with Crippen LogP contribution in [0.2, 0.25) is 0 Å². The highest BCUT2D eigenvalue weighted by molar-refractivity contribution is 5.98. The van der Waals surface area contributed by atoms with Crippen LogP contribution in [0.3, 0.4) is 0 Å². The number of rotatable bonds is 11. The number of hydrogen-bond donors (Lipinski definition) is 3. The molecule has 8 nitrogen and oxygen atoms in total. The number of hydrogen-bond acceptors (Lipinski definition) is 7. The summed E-state index contributed by atoms with van der Waals surface area (Å²) in [6.07, 6.45) is -1.83. The standard InChI is InChI=1S/C30H36F2N2O6/c1-6-22-26(28(37)39-5)23(33-27(22)29(38)40-30(2,3)4)15-34(16-24(35)18-7-11-20(31)12-8-18)17-25(36)19-9-13-21(32)14-10-19/h7-14,24-25,33,35-36H,6,15-17H2,1-5H3/t24-,25-/m0/s1. The van der Waals surface area contributed by atoms with E-state index in [0.29, 0.717) is 28.8 Å². The maximum atomic E-state index is 13.4. The maximum Gasteiger partial charge on any atom is 0.355 e. The van der Waals surface area contributed by atoms with Crippen LogP contribution in [0.15, 0.2) is 48.5 Å². The van der Waals surface area contributed by atoms with Crippen molar-refractivity contribution >= 4 is 11.9 Å². The lowest BCUT2D eigenvalue weighted by atomic mass is 10.0. The number of ether oxygens (including phenoxy) is 2. The first-order chi connectivity index (χ1) is 18.8. The van der Waals surface area contributed by atoms with Crippen LogP contribution in [0, 0.1) is 11.6 Å². The van der Waals surface area contributed by atoms with Gasteiger partial charge in [0.1, 0.15) is 22.9 Å². The zero-order chi connectivity index (χ0) is 29.6. The van der Waals surface area contributed by atoms with E-state index in [1.807, 2.05) is 0 Å². The summed E-state index contributed by atoms with van der Waals surface area (Å²) in [4.78, 5) is 30.6. The molecule has 3 rings (SSSR count). The van der Waals surface area contributed by atoms with Gasteiger partial charge in [0.25, 0.3) is 0 Å². The molecule has 0 aliphatic heterocycles. The van der Waals surface area contributed by atoms with Crippen molar-refractivity contribution < 1.29 is 38.1 Å². The molecular formula is C30H36F2N2O6. The highest BCUT2D eigenvalue weighted by Gasteiger charge is 2.30. The van der Waals surface area contributed by atoms with Crippen molar-refractivity contribution in [3.05, 3.63) is 93.8 Å². The number of nitrogens with zero attached hydrogens (tertiary/aromatic N) is 1. The quantitative estimate of drug-likeness (QED) is 0.288. The average Bonchev–Trinajstić information content (AvgIpc) is 3.26.